The van der Waals surface area contributed by atoms with Crippen molar-refractivity contribution in [1.82, 2.24) is 10.2 Å². The number of hydrogen-bond acceptors (Lipinski definition) is 3. The van der Waals surface area contributed by atoms with Crippen LogP contribution in [-0.4, -0.2) is 37.4 Å². The van der Waals surface area contributed by atoms with Crippen LogP contribution < -0.4 is 10.6 Å². The number of rotatable bonds is 6. The van der Waals surface area contributed by atoms with Crippen molar-refractivity contribution in [3.8, 4) is 0 Å². The Kier molecular flexibility index (Phi) is 5.84. The highest BCUT2D eigenvalue weighted by Gasteiger charge is 2.09. The van der Waals surface area contributed by atoms with Gasteiger partial charge in [-0.3, -0.25) is 14.5 Å². The predicted molar refractivity (Wildman–Crippen MR) is 109 cm³/mol. The average Bonchev–Trinajstić information content (AvgIpc) is 2.67. The van der Waals surface area contributed by atoms with Crippen molar-refractivity contribution < 1.29 is 9.59 Å². The van der Waals surface area contributed by atoms with E-state index in [1.807, 2.05) is 24.1 Å². The third-order valence-electron chi connectivity index (χ3n) is 4.34. The van der Waals surface area contributed by atoms with Crippen LogP contribution in [0.15, 0.2) is 66.7 Å². The van der Waals surface area contributed by atoms with E-state index in [0.29, 0.717) is 17.8 Å². The molecule has 0 aliphatic carbocycles. The number of likely N-dealkylation sites (N-methyl/N-ethyl adjacent to an activating group) is 1. The molecule has 27 heavy (non-hydrogen) atoms. The van der Waals surface area contributed by atoms with Crippen LogP contribution in [0.1, 0.15) is 15.9 Å². The lowest BCUT2D eigenvalue weighted by Crippen LogP contribution is -2.29. The van der Waals surface area contributed by atoms with E-state index >= 15 is 0 Å². The fourth-order valence-electron chi connectivity index (χ4n) is 3.00. The summed E-state index contributed by atoms with van der Waals surface area (Å²) in [5, 5.41) is 7.84. The molecule has 3 aromatic carbocycles. The minimum Gasteiger partial charge on any atom is -0.355 e. The van der Waals surface area contributed by atoms with Gasteiger partial charge in [0.2, 0.25) is 5.91 Å². The third-order valence-corrected chi connectivity index (χ3v) is 4.34. The second-order valence-electron chi connectivity index (χ2n) is 6.56. The minimum absolute atomic E-state index is 0.0917. The summed E-state index contributed by atoms with van der Waals surface area (Å²) in [6.45, 7) is 0.970. The molecule has 0 unspecified atom stereocenters. The quantitative estimate of drug-likeness (QED) is 0.708. The van der Waals surface area contributed by atoms with Crippen molar-refractivity contribution >= 4 is 28.3 Å². The van der Waals surface area contributed by atoms with Crippen molar-refractivity contribution in [2.75, 3.05) is 26.0 Å². The number of anilines is 1. The second kappa shape index (κ2) is 8.47. The molecule has 0 aliphatic heterocycles. The van der Waals surface area contributed by atoms with Crippen LogP contribution in [0.3, 0.4) is 0 Å². The van der Waals surface area contributed by atoms with Gasteiger partial charge in [-0.25, -0.2) is 0 Å². The normalized spacial score (nSPS) is 10.8. The monoisotopic (exact) mass is 361 g/mol. The summed E-state index contributed by atoms with van der Waals surface area (Å²) in [5.41, 5.74) is 2.40. The minimum atomic E-state index is -0.150. The fourth-order valence-corrected chi connectivity index (χ4v) is 3.00. The molecular formula is C22H23N3O2. The Hall–Kier alpha value is -3.18. The average molecular weight is 361 g/mol. The van der Waals surface area contributed by atoms with E-state index in [9.17, 15) is 9.59 Å². The zero-order valence-corrected chi connectivity index (χ0v) is 15.5. The summed E-state index contributed by atoms with van der Waals surface area (Å²) < 4.78 is 0. The topological polar surface area (TPSA) is 61.4 Å². The van der Waals surface area contributed by atoms with E-state index in [-0.39, 0.29) is 18.4 Å². The van der Waals surface area contributed by atoms with Crippen molar-refractivity contribution in [3.63, 3.8) is 0 Å². The molecule has 3 aromatic rings. The highest BCUT2D eigenvalue weighted by Crippen LogP contribution is 2.16. The molecule has 0 aromatic heterocycles. The van der Waals surface area contributed by atoms with Gasteiger partial charge in [0.15, 0.2) is 0 Å². The van der Waals surface area contributed by atoms with Gasteiger partial charge in [-0.1, -0.05) is 36.4 Å². The Balaban J connectivity index is 1.55. The Morgan fingerprint density at radius 3 is 2.33 bits per heavy atom. The van der Waals surface area contributed by atoms with Gasteiger partial charge in [-0.2, -0.15) is 0 Å². The van der Waals surface area contributed by atoms with Crippen LogP contribution in [0.25, 0.3) is 10.8 Å². The lowest BCUT2D eigenvalue weighted by molar-refractivity contribution is -0.117. The summed E-state index contributed by atoms with van der Waals surface area (Å²) in [6, 6.07) is 21.4. The number of fused-ring (bicyclic) bond motifs is 1. The van der Waals surface area contributed by atoms with Gasteiger partial charge in [-0.15, -0.1) is 0 Å². The smallest absolute Gasteiger partial charge is 0.251 e. The van der Waals surface area contributed by atoms with Crippen LogP contribution >= 0.6 is 0 Å². The highest BCUT2D eigenvalue weighted by atomic mass is 16.2. The molecule has 0 radical (unpaired) electrons. The highest BCUT2D eigenvalue weighted by molar-refractivity contribution is 5.96. The Labute approximate surface area is 159 Å². The van der Waals surface area contributed by atoms with Crippen molar-refractivity contribution in [1.29, 1.82) is 0 Å². The molecule has 0 bridgehead atoms. The summed E-state index contributed by atoms with van der Waals surface area (Å²) in [4.78, 5) is 25.8. The van der Waals surface area contributed by atoms with Crippen LogP contribution in [0.4, 0.5) is 5.69 Å². The molecule has 5 heteroatoms. The zero-order valence-electron chi connectivity index (χ0n) is 15.5. The first-order chi connectivity index (χ1) is 13.0. The molecule has 3 rings (SSSR count). The van der Waals surface area contributed by atoms with Gasteiger partial charge < -0.3 is 10.6 Å². The van der Waals surface area contributed by atoms with E-state index < -0.39 is 0 Å². The number of nitrogens with one attached hydrogen (secondary N) is 2. The number of nitrogens with zero attached hydrogens (tertiary/aromatic N) is 1. The lowest BCUT2D eigenvalue weighted by atomic mass is 10.1. The molecule has 5 nitrogen and oxygen atoms in total. The summed E-state index contributed by atoms with van der Waals surface area (Å²) in [7, 11) is 3.51. The molecule has 0 saturated carbocycles. The zero-order chi connectivity index (χ0) is 19.2. The first-order valence-electron chi connectivity index (χ1n) is 8.83. The summed E-state index contributed by atoms with van der Waals surface area (Å²) in [5.74, 6) is -0.242. The first-order valence-corrected chi connectivity index (χ1v) is 8.83. The van der Waals surface area contributed by atoms with Gasteiger partial charge in [0, 0.05) is 24.8 Å². The van der Waals surface area contributed by atoms with Crippen molar-refractivity contribution in [2.24, 2.45) is 0 Å². The Morgan fingerprint density at radius 2 is 1.63 bits per heavy atom. The van der Waals surface area contributed by atoms with Crippen LogP contribution in [0.5, 0.6) is 0 Å². The fraction of sp³-hybridized carbons (Fsp3) is 0.182. The molecule has 2 N–H and O–H groups in total. The molecular weight excluding hydrogens is 338 g/mol. The lowest BCUT2D eigenvalue weighted by Gasteiger charge is -2.17. The van der Waals surface area contributed by atoms with Gasteiger partial charge in [-0.05, 0) is 53.7 Å². The maximum atomic E-state index is 12.3. The largest absolute Gasteiger partial charge is 0.355 e. The number of carbonyl (C=O) groups is 2. The van der Waals surface area contributed by atoms with Crippen molar-refractivity contribution in [3.05, 3.63) is 77.9 Å². The van der Waals surface area contributed by atoms with Crippen molar-refractivity contribution in [2.45, 2.75) is 6.54 Å². The molecule has 2 amide bonds. The standard InChI is InChI=1S/C22H23N3O2/c1-23-22(27)18-9-11-20(12-10-18)24-21(26)15-25(2)14-16-7-8-17-5-3-4-6-19(17)13-16/h3-13H,14-15H2,1-2H3,(H,23,27)(H,24,26). The van der Waals surface area contributed by atoms with E-state index in [4.69, 9.17) is 0 Å². The van der Waals surface area contributed by atoms with E-state index in [1.165, 1.54) is 16.3 Å². The maximum absolute atomic E-state index is 12.3. The molecule has 0 aliphatic rings. The van der Waals surface area contributed by atoms with Crippen LogP contribution in [0, 0.1) is 0 Å². The molecule has 0 fully saturated rings. The number of hydrogen-bond donors (Lipinski definition) is 2. The summed E-state index contributed by atoms with van der Waals surface area (Å²) in [6.07, 6.45) is 0. The molecule has 0 atom stereocenters. The van der Waals surface area contributed by atoms with Gasteiger partial charge >= 0.3 is 0 Å². The van der Waals surface area contributed by atoms with E-state index in [1.54, 1.807) is 31.3 Å². The maximum Gasteiger partial charge on any atom is 0.251 e. The number of amides is 2. The number of benzene rings is 3. The predicted octanol–water partition coefficient (Wildman–Crippen LogP) is 3.27. The van der Waals surface area contributed by atoms with Gasteiger partial charge in [0.1, 0.15) is 0 Å². The molecule has 0 spiro atoms. The third kappa shape index (κ3) is 4.92. The SMILES string of the molecule is CNC(=O)c1ccc(NC(=O)CN(C)Cc2ccc3ccccc3c2)cc1. The van der Waals surface area contributed by atoms with Gasteiger partial charge in [0.25, 0.3) is 5.91 Å². The van der Waals surface area contributed by atoms with Crippen LogP contribution in [0.2, 0.25) is 0 Å². The molecule has 138 valence electrons. The molecule has 0 saturated heterocycles. The Morgan fingerprint density at radius 1 is 0.926 bits per heavy atom. The van der Waals surface area contributed by atoms with E-state index in [0.717, 1.165) is 0 Å². The Bertz CT molecular complexity index is 951. The molecule has 0 heterocycles. The number of carbonyl (C=O) groups excluding carboxylic acids is 2. The second-order valence-corrected chi connectivity index (χ2v) is 6.56. The van der Waals surface area contributed by atoms with E-state index in [2.05, 4.69) is 41.0 Å². The first kappa shape index (κ1) is 18.6. The summed E-state index contributed by atoms with van der Waals surface area (Å²) >= 11 is 0. The van der Waals surface area contributed by atoms with Crippen LogP contribution in [-0.2, 0) is 11.3 Å². The van der Waals surface area contributed by atoms with Gasteiger partial charge in [0.05, 0.1) is 6.54 Å².